The standard InChI is InChI=1S/C12H11BrF2N2O.C2H6/c13-4-10(18)9-2-1-3-11(16-9)17-5-7-8(6-17)12(7,14)15;1-2/h1-3,7-8H,4-6H2;1-2H3. The Labute approximate surface area is 125 Å². The van der Waals surface area contributed by atoms with Gasteiger partial charge < -0.3 is 4.90 Å². The van der Waals surface area contributed by atoms with Gasteiger partial charge in [0.2, 0.25) is 0 Å². The number of Topliss-reactive ketones (excluding diaryl/α,β-unsaturated/α-hetero) is 1. The number of fused-ring (bicyclic) bond motifs is 1. The highest BCUT2D eigenvalue weighted by Gasteiger charge is 2.71. The van der Waals surface area contributed by atoms with Crippen LogP contribution in [0.15, 0.2) is 18.2 Å². The molecule has 1 aliphatic heterocycles. The summed E-state index contributed by atoms with van der Waals surface area (Å²) in [5.41, 5.74) is 0.372. The molecule has 1 aromatic heterocycles. The number of aromatic nitrogens is 1. The van der Waals surface area contributed by atoms with Crippen molar-refractivity contribution in [3.63, 3.8) is 0 Å². The Balaban J connectivity index is 0.000000704. The van der Waals surface area contributed by atoms with E-state index in [-0.39, 0.29) is 11.1 Å². The van der Waals surface area contributed by atoms with Crippen molar-refractivity contribution < 1.29 is 13.6 Å². The molecule has 1 saturated heterocycles. The summed E-state index contributed by atoms with van der Waals surface area (Å²) in [4.78, 5) is 17.6. The number of hydrogen-bond donors (Lipinski definition) is 0. The van der Waals surface area contributed by atoms with Crippen molar-refractivity contribution in [2.45, 2.75) is 19.8 Å². The summed E-state index contributed by atoms with van der Waals surface area (Å²) in [6.07, 6.45) is 0. The van der Waals surface area contributed by atoms with Crippen LogP contribution in [0.2, 0.25) is 0 Å². The van der Waals surface area contributed by atoms with Crippen LogP contribution in [0, 0.1) is 11.8 Å². The van der Waals surface area contributed by atoms with E-state index in [9.17, 15) is 13.6 Å². The van der Waals surface area contributed by atoms with E-state index in [1.807, 2.05) is 18.7 Å². The molecule has 2 fully saturated rings. The SMILES string of the molecule is CC.O=C(CBr)c1cccc(N2CC3C(C2)C3(F)F)n1. The summed E-state index contributed by atoms with van der Waals surface area (Å²) in [6, 6.07) is 5.13. The van der Waals surface area contributed by atoms with Crippen LogP contribution in [-0.4, -0.2) is 35.1 Å². The van der Waals surface area contributed by atoms with Gasteiger partial charge in [0.15, 0.2) is 5.78 Å². The van der Waals surface area contributed by atoms with Crippen molar-refractivity contribution in [3.05, 3.63) is 23.9 Å². The fraction of sp³-hybridized carbons (Fsp3) is 0.571. The second kappa shape index (κ2) is 5.76. The van der Waals surface area contributed by atoms with Crippen LogP contribution in [0.4, 0.5) is 14.6 Å². The van der Waals surface area contributed by atoms with Crippen LogP contribution >= 0.6 is 15.9 Å². The Kier molecular flexibility index (Phi) is 4.42. The molecular weight excluding hydrogens is 330 g/mol. The Morgan fingerprint density at radius 3 is 2.55 bits per heavy atom. The van der Waals surface area contributed by atoms with E-state index in [4.69, 9.17) is 0 Å². The molecule has 1 aromatic rings. The van der Waals surface area contributed by atoms with Crippen molar-refractivity contribution in [3.8, 4) is 0 Å². The third kappa shape index (κ3) is 2.57. The monoisotopic (exact) mass is 346 g/mol. The lowest BCUT2D eigenvalue weighted by Crippen LogP contribution is -2.28. The molecule has 2 heterocycles. The van der Waals surface area contributed by atoms with E-state index in [1.165, 1.54) is 0 Å². The maximum absolute atomic E-state index is 13.1. The lowest BCUT2D eigenvalue weighted by molar-refractivity contribution is 0.0796. The number of rotatable bonds is 3. The molecule has 3 nitrogen and oxygen atoms in total. The molecule has 3 rings (SSSR count). The highest BCUT2D eigenvalue weighted by Crippen LogP contribution is 2.59. The fourth-order valence-electron chi connectivity index (χ4n) is 2.52. The Morgan fingerprint density at radius 1 is 1.40 bits per heavy atom. The van der Waals surface area contributed by atoms with E-state index in [0.29, 0.717) is 24.6 Å². The Morgan fingerprint density at radius 2 is 2.00 bits per heavy atom. The predicted octanol–water partition coefficient (Wildman–Crippen LogP) is 3.39. The number of piperidine rings is 1. The van der Waals surface area contributed by atoms with Gasteiger partial charge in [-0.15, -0.1) is 0 Å². The summed E-state index contributed by atoms with van der Waals surface area (Å²) in [5, 5.41) is 0.215. The van der Waals surface area contributed by atoms with Crippen LogP contribution < -0.4 is 4.90 Å². The van der Waals surface area contributed by atoms with Crippen molar-refractivity contribution in [2.75, 3.05) is 23.3 Å². The second-order valence-electron chi connectivity index (χ2n) is 4.73. The van der Waals surface area contributed by atoms with E-state index in [2.05, 4.69) is 20.9 Å². The number of ketones is 1. The van der Waals surface area contributed by atoms with Gasteiger partial charge in [-0.2, -0.15) is 0 Å². The normalized spacial score (nSPS) is 25.6. The molecule has 0 radical (unpaired) electrons. The van der Waals surface area contributed by atoms with Gasteiger partial charge in [0, 0.05) is 13.1 Å². The molecule has 2 aliphatic rings. The topological polar surface area (TPSA) is 33.2 Å². The lowest BCUT2D eigenvalue weighted by Gasteiger charge is -2.21. The largest absolute Gasteiger partial charge is 0.356 e. The Bertz CT molecular complexity index is 496. The predicted molar refractivity (Wildman–Crippen MR) is 77.8 cm³/mol. The van der Waals surface area contributed by atoms with Crippen LogP contribution in [-0.2, 0) is 0 Å². The van der Waals surface area contributed by atoms with Gasteiger partial charge >= 0.3 is 0 Å². The van der Waals surface area contributed by atoms with Crippen LogP contribution in [0.3, 0.4) is 0 Å². The zero-order valence-electron chi connectivity index (χ0n) is 11.4. The first kappa shape index (κ1) is 15.4. The van der Waals surface area contributed by atoms with Gasteiger partial charge in [-0.1, -0.05) is 35.8 Å². The fourth-order valence-corrected chi connectivity index (χ4v) is 2.81. The zero-order chi connectivity index (χ0) is 14.9. The number of carbonyl (C=O) groups is 1. The first-order valence-electron chi connectivity index (χ1n) is 6.73. The minimum Gasteiger partial charge on any atom is -0.356 e. The molecule has 0 N–H and O–H groups in total. The summed E-state index contributed by atoms with van der Waals surface area (Å²) >= 11 is 3.09. The van der Waals surface area contributed by atoms with Crippen LogP contribution in [0.25, 0.3) is 0 Å². The number of pyridine rings is 1. The van der Waals surface area contributed by atoms with Gasteiger partial charge in [0.25, 0.3) is 5.92 Å². The molecule has 1 aliphatic carbocycles. The highest BCUT2D eigenvalue weighted by molar-refractivity contribution is 9.09. The molecular formula is C14H17BrF2N2O. The molecule has 0 aromatic carbocycles. The molecule has 110 valence electrons. The first-order chi connectivity index (χ1) is 9.54. The third-order valence-corrected chi connectivity index (χ3v) is 4.17. The van der Waals surface area contributed by atoms with E-state index in [0.717, 1.165) is 0 Å². The quantitative estimate of drug-likeness (QED) is 0.621. The first-order valence-corrected chi connectivity index (χ1v) is 7.85. The molecule has 0 bridgehead atoms. The van der Waals surface area contributed by atoms with E-state index < -0.39 is 17.8 Å². The van der Waals surface area contributed by atoms with Gasteiger partial charge in [-0.05, 0) is 12.1 Å². The average Bonchev–Trinajstić information content (AvgIpc) is 2.87. The summed E-state index contributed by atoms with van der Waals surface area (Å²) in [6.45, 7) is 4.66. The van der Waals surface area contributed by atoms with Gasteiger partial charge in [0.1, 0.15) is 11.5 Å². The summed E-state index contributed by atoms with van der Waals surface area (Å²) in [5.74, 6) is -3.04. The van der Waals surface area contributed by atoms with Crippen molar-refractivity contribution in [1.29, 1.82) is 0 Å². The minimum absolute atomic E-state index is 0.105. The molecule has 6 heteroatoms. The molecule has 20 heavy (non-hydrogen) atoms. The highest BCUT2D eigenvalue weighted by atomic mass is 79.9. The third-order valence-electron chi connectivity index (χ3n) is 3.66. The van der Waals surface area contributed by atoms with Gasteiger partial charge in [-0.3, -0.25) is 4.79 Å². The smallest absolute Gasteiger partial charge is 0.258 e. The molecule has 0 spiro atoms. The number of alkyl halides is 3. The van der Waals surface area contributed by atoms with Crippen LogP contribution in [0.1, 0.15) is 24.3 Å². The Hall–Kier alpha value is -1.04. The second-order valence-corrected chi connectivity index (χ2v) is 5.29. The minimum atomic E-state index is -2.49. The van der Waals surface area contributed by atoms with Crippen molar-refractivity contribution >= 4 is 27.5 Å². The number of halogens is 3. The van der Waals surface area contributed by atoms with E-state index >= 15 is 0 Å². The van der Waals surface area contributed by atoms with E-state index in [1.54, 1.807) is 18.2 Å². The van der Waals surface area contributed by atoms with Crippen LogP contribution in [0.5, 0.6) is 0 Å². The lowest BCUT2D eigenvalue weighted by atomic mass is 10.2. The molecule has 2 atom stereocenters. The molecule has 1 saturated carbocycles. The van der Waals surface area contributed by atoms with Crippen molar-refractivity contribution in [2.24, 2.45) is 11.8 Å². The van der Waals surface area contributed by atoms with Gasteiger partial charge in [0.05, 0.1) is 17.2 Å². The van der Waals surface area contributed by atoms with Crippen molar-refractivity contribution in [1.82, 2.24) is 4.98 Å². The summed E-state index contributed by atoms with van der Waals surface area (Å²) in [7, 11) is 0. The molecule has 0 amide bonds. The average molecular weight is 347 g/mol. The number of anilines is 1. The maximum atomic E-state index is 13.1. The summed E-state index contributed by atoms with van der Waals surface area (Å²) < 4.78 is 26.2. The van der Waals surface area contributed by atoms with Gasteiger partial charge in [-0.25, -0.2) is 13.8 Å². The maximum Gasteiger partial charge on any atom is 0.258 e. The number of carbonyl (C=O) groups excluding carboxylic acids is 1. The molecule has 2 unspecified atom stereocenters. The zero-order valence-corrected chi connectivity index (χ0v) is 13.0. The number of nitrogens with zero attached hydrogens (tertiary/aromatic N) is 2. The number of hydrogen-bond acceptors (Lipinski definition) is 3.